The van der Waals surface area contributed by atoms with Gasteiger partial charge in [0.2, 0.25) is 0 Å². The average Bonchev–Trinajstić information content (AvgIpc) is 3.34. The van der Waals surface area contributed by atoms with Crippen LogP contribution in [0.25, 0.3) is 0 Å². The molecule has 7 nitrogen and oxygen atoms in total. The fourth-order valence-electron chi connectivity index (χ4n) is 1.93. The number of hydroxylamine groups is 1. The number of benzene rings is 1. The molecule has 0 radical (unpaired) electrons. The fourth-order valence-corrected chi connectivity index (χ4v) is 1.93. The standard InChI is InChI=1S/C15H21N3O4/c1-9(16)13(15(20)18-21)17-14(19)11-4-6-12(7-5-11)22-8-10-2-3-10/h4-7,9-10,13,21H,2-3,8,16H2,1H3,(H,17,19)(H,18,20)/t9-,13+/m1/s1. The summed E-state index contributed by atoms with van der Waals surface area (Å²) in [7, 11) is 0. The summed E-state index contributed by atoms with van der Waals surface area (Å²) >= 11 is 0. The predicted octanol–water partition coefficient (Wildman–Crippen LogP) is 0.426. The Bertz CT molecular complexity index is 526. The second-order valence-corrected chi connectivity index (χ2v) is 5.57. The molecule has 7 heteroatoms. The summed E-state index contributed by atoms with van der Waals surface area (Å²) < 4.78 is 5.59. The van der Waals surface area contributed by atoms with Crippen LogP contribution in [-0.2, 0) is 4.79 Å². The molecule has 1 aromatic rings. The molecule has 120 valence electrons. The minimum Gasteiger partial charge on any atom is -0.493 e. The van der Waals surface area contributed by atoms with Gasteiger partial charge in [0.25, 0.3) is 11.8 Å². The van der Waals surface area contributed by atoms with Gasteiger partial charge in [-0.15, -0.1) is 0 Å². The van der Waals surface area contributed by atoms with Gasteiger partial charge in [-0.25, -0.2) is 5.48 Å². The van der Waals surface area contributed by atoms with Crippen molar-refractivity contribution in [2.45, 2.75) is 31.8 Å². The Kier molecular flexibility index (Phi) is 5.35. The van der Waals surface area contributed by atoms with Crippen LogP contribution in [0.2, 0.25) is 0 Å². The van der Waals surface area contributed by atoms with Crippen LogP contribution in [0, 0.1) is 5.92 Å². The first kappa shape index (κ1) is 16.3. The van der Waals surface area contributed by atoms with E-state index >= 15 is 0 Å². The summed E-state index contributed by atoms with van der Waals surface area (Å²) in [6, 6.07) is 5.01. The SMILES string of the molecule is C[C@@H](N)[C@H](NC(=O)c1ccc(OCC2CC2)cc1)C(=O)NO. The zero-order valence-electron chi connectivity index (χ0n) is 12.4. The largest absolute Gasteiger partial charge is 0.493 e. The maximum absolute atomic E-state index is 12.1. The summed E-state index contributed by atoms with van der Waals surface area (Å²) in [5.74, 6) is 0.166. The first-order chi connectivity index (χ1) is 10.5. The van der Waals surface area contributed by atoms with Crippen molar-refractivity contribution in [3.63, 3.8) is 0 Å². The van der Waals surface area contributed by atoms with Crippen LogP contribution < -0.4 is 21.3 Å². The Morgan fingerprint density at radius 1 is 1.36 bits per heavy atom. The summed E-state index contributed by atoms with van der Waals surface area (Å²) in [4.78, 5) is 23.6. The van der Waals surface area contributed by atoms with E-state index in [4.69, 9.17) is 15.7 Å². The van der Waals surface area contributed by atoms with Crippen molar-refractivity contribution in [3.05, 3.63) is 29.8 Å². The molecule has 1 aliphatic carbocycles. The molecule has 2 amide bonds. The van der Waals surface area contributed by atoms with E-state index < -0.39 is 23.9 Å². The minimum absolute atomic E-state index is 0.384. The highest BCUT2D eigenvalue weighted by Gasteiger charge is 2.25. The zero-order chi connectivity index (χ0) is 16.1. The van der Waals surface area contributed by atoms with Gasteiger partial charge in [-0.05, 0) is 49.9 Å². The molecular formula is C15H21N3O4. The van der Waals surface area contributed by atoms with Crippen LogP contribution in [0.4, 0.5) is 0 Å². The summed E-state index contributed by atoms with van der Waals surface area (Å²) in [6.45, 7) is 2.27. The first-order valence-electron chi connectivity index (χ1n) is 7.24. The molecule has 0 aromatic heterocycles. The van der Waals surface area contributed by atoms with Crippen molar-refractivity contribution in [1.29, 1.82) is 0 Å². The van der Waals surface area contributed by atoms with Gasteiger partial charge >= 0.3 is 0 Å². The van der Waals surface area contributed by atoms with E-state index in [0.717, 1.165) is 0 Å². The predicted molar refractivity (Wildman–Crippen MR) is 79.5 cm³/mol. The summed E-state index contributed by atoms with van der Waals surface area (Å²) in [5.41, 5.74) is 7.51. The maximum Gasteiger partial charge on any atom is 0.267 e. The Morgan fingerprint density at radius 3 is 2.50 bits per heavy atom. The number of rotatable bonds is 7. The van der Waals surface area contributed by atoms with E-state index in [0.29, 0.717) is 23.8 Å². The Morgan fingerprint density at radius 2 is 2.00 bits per heavy atom. The van der Waals surface area contributed by atoms with Crippen molar-refractivity contribution in [1.82, 2.24) is 10.8 Å². The molecule has 0 unspecified atom stereocenters. The topological polar surface area (TPSA) is 114 Å². The Labute approximate surface area is 128 Å². The van der Waals surface area contributed by atoms with Crippen LogP contribution in [-0.4, -0.2) is 35.7 Å². The van der Waals surface area contributed by atoms with Crippen molar-refractivity contribution in [2.24, 2.45) is 11.7 Å². The molecule has 1 saturated carbocycles. The van der Waals surface area contributed by atoms with Crippen LogP contribution in [0.3, 0.4) is 0 Å². The molecule has 1 aromatic carbocycles. The van der Waals surface area contributed by atoms with Gasteiger partial charge in [-0.2, -0.15) is 0 Å². The molecule has 22 heavy (non-hydrogen) atoms. The molecule has 1 aliphatic rings. The second-order valence-electron chi connectivity index (χ2n) is 5.57. The molecule has 2 rings (SSSR count). The van der Waals surface area contributed by atoms with Crippen molar-refractivity contribution >= 4 is 11.8 Å². The van der Waals surface area contributed by atoms with E-state index in [-0.39, 0.29) is 0 Å². The van der Waals surface area contributed by atoms with Gasteiger partial charge in [-0.3, -0.25) is 14.8 Å². The average molecular weight is 307 g/mol. The number of nitrogens with one attached hydrogen (secondary N) is 2. The molecule has 1 fully saturated rings. The van der Waals surface area contributed by atoms with E-state index in [2.05, 4.69) is 5.32 Å². The highest BCUT2D eigenvalue weighted by Crippen LogP contribution is 2.29. The van der Waals surface area contributed by atoms with Crippen molar-refractivity contribution in [3.8, 4) is 5.75 Å². The summed E-state index contributed by atoms with van der Waals surface area (Å²) in [6.07, 6.45) is 2.43. The van der Waals surface area contributed by atoms with Crippen LogP contribution in [0.15, 0.2) is 24.3 Å². The lowest BCUT2D eigenvalue weighted by atomic mass is 10.1. The number of ether oxygens (including phenoxy) is 1. The zero-order valence-corrected chi connectivity index (χ0v) is 12.4. The maximum atomic E-state index is 12.1. The highest BCUT2D eigenvalue weighted by molar-refractivity contribution is 5.97. The minimum atomic E-state index is -1.01. The van der Waals surface area contributed by atoms with Gasteiger partial charge in [0.15, 0.2) is 0 Å². The lowest BCUT2D eigenvalue weighted by Gasteiger charge is -2.20. The third kappa shape index (κ3) is 4.44. The Hall–Kier alpha value is -2.12. The van der Waals surface area contributed by atoms with Gasteiger partial charge < -0.3 is 15.8 Å². The second kappa shape index (κ2) is 7.24. The highest BCUT2D eigenvalue weighted by atomic mass is 16.5. The van der Waals surface area contributed by atoms with Crippen LogP contribution >= 0.6 is 0 Å². The molecule has 0 saturated heterocycles. The third-order valence-electron chi connectivity index (χ3n) is 3.50. The number of carbonyl (C=O) groups excluding carboxylic acids is 2. The van der Waals surface area contributed by atoms with Crippen molar-refractivity contribution in [2.75, 3.05) is 6.61 Å². The van der Waals surface area contributed by atoms with Crippen molar-refractivity contribution < 1.29 is 19.5 Å². The molecule has 2 atom stereocenters. The van der Waals surface area contributed by atoms with E-state index in [9.17, 15) is 9.59 Å². The van der Waals surface area contributed by atoms with E-state index in [1.807, 2.05) is 0 Å². The number of carbonyl (C=O) groups is 2. The van der Waals surface area contributed by atoms with Gasteiger partial charge in [0, 0.05) is 11.6 Å². The van der Waals surface area contributed by atoms with Crippen LogP contribution in [0.5, 0.6) is 5.75 Å². The normalized spacial score (nSPS) is 16.5. The third-order valence-corrected chi connectivity index (χ3v) is 3.50. The number of nitrogens with two attached hydrogens (primary N) is 1. The smallest absolute Gasteiger partial charge is 0.267 e. The van der Waals surface area contributed by atoms with Gasteiger partial charge in [-0.1, -0.05) is 0 Å². The molecule has 0 heterocycles. The number of hydrogen-bond donors (Lipinski definition) is 4. The monoisotopic (exact) mass is 307 g/mol. The molecule has 5 N–H and O–H groups in total. The van der Waals surface area contributed by atoms with Crippen LogP contribution in [0.1, 0.15) is 30.1 Å². The fraction of sp³-hybridized carbons (Fsp3) is 0.467. The molecular weight excluding hydrogens is 286 g/mol. The lowest BCUT2D eigenvalue weighted by Crippen LogP contribution is -2.54. The van der Waals surface area contributed by atoms with E-state index in [1.165, 1.54) is 18.3 Å². The molecule has 0 bridgehead atoms. The van der Waals surface area contributed by atoms with Gasteiger partial charge in [0.1, 0.15) is 11.8 Å². The first-order valence-corrected chi connectivity index (χ1v) is 7.24. The molecule has 0 aliphatic heterocycles. The number of amides is 2. The Balaban J connectivity index is 1.94. The summed E-state index contributed by atoms with van der Waals surface area (Å²) in [5, 5.41) is 11.1. The van der Waals surface area contributed by atoms with Gasteiger partial charge in [0.05, 0.1) is 6.61 Å². The van der Waals surface area contributed by atoms with E-state index in [1.54, 1.807) is 31.2 Å². The lowest BCUT2D eigenvalue weighted by molar-refractivity contribution is -0.131. The number of hydrogen-bond acceptors (Lipinski definition) is 5. The molecule has 0 spiro atoms. The quantitative estimate of drug-likeness (QED) is 0.431.